The minimum atomic E-state index is -2.41. The third kappa shape index (κ3) is 3.98. The van der Waals surface area contributed by atoms with Crippen LogP contribution >= 0.6 is 11.6 Å². The summed E-state index contributed by atoms with van der Waals surface area (Å²) >= 11 is 4.83. The molecule has 0 aliphatic heterocycles. The van der Waals surface area contributed by atoms with Crippen LogP contribution in [0.5, 0.6) is 0 Å². The number of rotatable bonds is 1. The van der Waals surface area contributed by atoms with Crippen LogP contribution in [0, 0.1) is 0 Å². The van der Waals surface area contributed by atoms with E-state index in [0.29, 0.717) is 0 Å². The third-order valence-electron chi connectivity index (χ3n) is 0.178. The molecule has 0 heterocycles. The first-order valence-electron chi connectivity index (χ1n) is 1.17. The van der Waals surface area contributed by atoms with E-state index in [4.69, 9.17) is 11.6 Å². The van der Waals surface area contributed by atoms with Crippen molar-refractivity contribution in [3.05, 3.63) is 10.9 Å². The van der Waals surface area contributed by atoms with Crippen molar-refractivity contribution in [2.24, 2.45) is 0 Å². The van der Waals surface area contributed by atoms with Gasteiger partial charge in [-0.3, -0.25) is 0 Å². The second kappa shape index (κ2) is 3.18. The summed E-state index contributed by atoms with van der Waals surface area (Å²) in [5.41, 5.74) is 0.950. The van der Waals surface area contributed by atoms with Crippen LogP contribution in [0.15, 0.2) is 10.9 Å². The smallest absolute Gasteiger partial charge is 0.162 e. The van der Waals surface area contributed by atoms with Crippen molar-refractivity contribution in [1.29, 1.82) is 0 Å². The Kier molecular flexibility index (Phi) is 3.17. The molecule has 0 fully saturated rings. The van der Waals surface area contributed by atoms with Crippen LogP contribution < -0.4 is 0 Å². The molecule has 0 aliphatic rings. The molecular formula is C2H3ClO2S. The first-order valence-corrected chi connectivity index (χ1v) is 2.86. The minimum absolute atomic E-state index is 0.886. The van der Waals surface area contributed by atoms with Gasteiger partial charge in [-0.05, 0) is 0 Å². The molecule has 0 aromatic rings. The van der Waals surface area contributed by atoms with Crippen LogP contribution in [0.1, 0.15) is 0 Å². The Labute approximate surface area is 42.4 Å². The fraction of sp³-hybridized carbons (Fsp3) is 0. The summed E-state index contributed by atoms with van der Waals surface area (Å²) < 4.78 is 18.9. The van der Waals surface area contributed by atoms with Gasteiger partial charge in [-0.25, -0.2) is 8.42 Å². The van der Waals surface area contributed by atoms with Gasteiger partial charge in [0.25, 0.3) is 0 Å². The number of hydrogen-bond donors (Lipinski definition) is 1. The molecule has 0 N–H and O–H groups in total. The van der Waals surface area contributed by atoms with Gasteiger partial charge in [0.05, 0.1) is 0 Å². The Hall–Kier alpha value is -0.0200. The average Bonchev–Trinajstić information content (AvgIpc) is 1.35. The summed E-state index contributed by atoms with van der Waals surface area (Å²) in [4.78, 5) is 0. The van der Waals surface area contributed by atoms with Gasteiger partial charge >= 0.3 is 0 Å². The summed E-state index contributed by atoms with van der Waals surface area (Å²) in [6.45, 7) is 0. The molecule has 0 saturated heterocycles. The molecule has 4 heteroatoms. The minimum Gasteiger partial charge on any atom is -0.227 e. The molecule has 36 valence electrons. The predicted molar refractivity (Wildman–Crippen MR) is 25.3 cm³/mol. The SMILES string of the molecule is O=[SH](=O)C=CCl. The van der Waals surface area contributed by atoms with E-state index in [2.05, 4.69) is 0 Å². The van der Waals surface area contributed by atoms with E-state index in [1.807, 2.05) is 0 Å². The van der Waals surface area contributed by atoms with Gasteiger partial charge in [0.1, 0.15) is 0 Å². The van der Waals surface area contributed by atoms with E-state index in [1.54, 1.807) is 0 Å². The van der Waals surface area contributed by atoms with E-state index in [-0.39, 0.29) is 0 Å². The highest BCUT2D eigenvalue weighted by atomic mass is 35.5. The van der Waals surface area contributed by atoms with Crippen LogP contribution in [0.2, 0.25) is 0 Å². The quantitative estimate of drug-likeness (QED) is 0.513. The van der Waals surface area contributed by atoms with Gasteiger partial charge < -0.3 is 0 Å². The Morgan fingerprint density at radius 2 is 2.00 bits per heavy atom. The highest BCUT2D eigenvalue weighted by Crippen LogP contribution is 1.74. The highest BCUT2D eigenvalue weighted by Gasteiger charge is 1.62. The third-order valence-corrected chi connectivity index (χ3v) is 0.872. The van der Waals surface area contributed by atoms with Gasteiger partial charge in [-0.15, -0.1) is 0 Å². The molecule has 0 radical (unpaired) electrons. The fourth-order valence-electron chi connectivity index (χ4n) is 0.0460. The molecule has 0 unspecified atom stereocenters. The van der Waals surface area contributed by atoms with Crippen molar-refractivity contribution in [2.45, 2.75) is 0 Å². The lowest BCUT2D eigenvalue weighted by Gasteiger charge is -1.56. The lowest BCUT2D eigenvalue weighted by molar-refractivity contribution is 0.622. The van der Waals surface area contributed by atoms with Crippen molar-refractivity contribution in [1.82, 2.24) is 0 Å². The van der Waals surface area contributed by atoms with Crippen LogP contribution in [-0.4, -0.2) is 8.42 Å². The molecule has 0 atom stereocenters. The summed E-state index contributed by atoms with van der Waals surface area (Å²) in [6, 6.07) is 0. The molecule has 0 aliphatic carbocycles. The van der Waals surface area contributed by atoms with Gasteiger partial charge in [0, 0.05) is 10.9 Å². The second-order valence-electron chi connectivity index (χ2n) is 0.560. The molecule has 0 amide bonds. The lowest BCUT2D eigenvalue weighted by atomic mass is 11.3. The van der Waals surface area contributed by atoms with Crippen LogP contribution in [0.4, 0.5) is 0 Å². The Bertz CT molecular complexity index is 107. The molecule has 2 nitrogen and oxygen atoms in total. The lowest BCUT2D eigenvalue weighted by Crippen LogP contribution is -1.56. The van der Waals surface area contributed by atoms with E-state index in [9.17, 15) is 8.42 Å². The molecular weight excluding hydrogens is 124 g/mol. The number of halogens is 1. The summed E-state index contributed by atoms with van der Waals surface area (Å²) in [5.74, 6) is 0. The van der Waals surface area contributed by atoms with Crippen molar-refractivity contribution in [3.8, 4) is 0 Å². The van der Waals surface area contributed by atoms with Gasteiger partial charge in [0.15, 0.2) is 10.7 Å². The average molecular weight is 127 g/mol. The normalized spacial score (nSPS) is 11.0. The Balaban J connectivity index is 3.62. The van der Waals surface area contributed by atoms with Gasteiger partial charge in [-0.1, -0.05) is 11.6 Å². The fourth-order valence-corrected chi connectivity index (χ4v) is 0.414. The van der Waals surface area contributed by atoms with Gasteiger partial charge in [0.2, 0.25) is 0 Å². The van der Waals surface area contributed by atoms with E-state index in [1.165, 1.54) is 0 Å². The van der Waals surface area contributed by atoms with Crippen molar-refractivity contribution >= 4 is 22.3 Å². The summed E-state index contributed by atoms with van der Waals surface area (Å²) in [7, 11) is -2.41. The van der Waals surface area contributed by atoms with Crippen molar-refractivity contribution in [2.75, 3.05) is 0 Å². The van der Waals surface area contributed by atoms with E-state index in [0.717, 1.165) is 10.9 Å². The maximum Gasteiger partial charge on any atom is 0.162 e. The monoisotopic (exact) mass is 126 g/mol. The molecule has 0 spiro atoms. The maximum atomic E-state index is 9.47. The van der Waals surface area contributed by atoms with Crippen LogP contribution in [-0.2, 0) is 10.7 Å². The molecule has 6 heavy (non-hydrogen) atoms. The zero-order valence-electron chi connectivity index (χ0n) is 2.80. The first-order chi connectivity index (χ1) is 2.77. The standard InChI is InChI=1S/C2H3ClO2S/c3-1-2-6(4)5/h1-2,6H. The summed E-state index contributed by atoms with van der Waals surface area (Å²) in [5, 5.41) is 0.886. The highest BCUT2D eigenvalue weighted by molar-refractivity contribution is 7.75. The second-order valence-corrected chi connectivity index (χ2v) is 1.68. The van der Waals surface area contributed by atoms with Crippen molar-refractivity contribution < 1.29 is 8.42 Å². The first kappa shape index (κ1) is 5.98. The zero-order chi connectivity index (χ0) is 4.99. The number of thiol groups is 1. The molecule has 0 aromatic carbocycles. The van der Waals surface area contributed by atoms with Crippen LogP contribution in [0.3, 0.4) is 0 Å². The zero-order valence-corrected chi connectivity index (χ0v) is 4.45. The molecule has 0 rings (SSSR count). The van der Waals surface area contributed by atoms with E-state index < -0.39 is 10.7 Å². The summed E-state index contributed by atoms with van der Waals surface area (Å²) in [6.07, 6.45) is 0. The van der Waals surface area contributed by atoms with Crippen molar-refractivity contribution in [3.63, 3.8) is 0 Å². The van der Waals surface area contributed by atoms with E-state index >= 15 is 0 Å². The van der Waals surface area contributed by atoms with Crippen LogP contribution in [0.25, 0.3) is 0 Å². The van der Waals surface area contributed by atoms with Gasteiger partial charge in [-0.2, -0.15) is 0 Å². The number of hydrogen-bond acceptors (Lipinski definition) is 2. The molecule has 0 aromatic heterocycles. The maximum absolute atomic E-state index is 9.47. The Morgan fingerprint density at radius 1 is 1.50 bits per heavy atom. The largest absolute Gasteiger partial charge is 0.227 e. The topological polar surface area (TPSA) is 34.1 Å². The molecule has 0 bridgehead atoms. The predicted octanol–water partition coefficient (Wildman–Crippen LogP) is 0.308. The Morgan fingerprint density at radius 3 is 2.00 bits per heavy atom. The molecule has 0 saturated carbocycles.